The lowest BCUT2D eigenvalue weighted by Gasteiger charge is -2.24. The van der Waals surface area contributed by atoms with Crippen molar-refractivity contribution in [3.8, 4) is 0 Å². The van der Waals surface area contributed by atoms with Gasteiger partial charge in [0, 0.05) is 18.7 Å². The van der Waals surface area contributed by atoms with E-state index >= 15 is 0 Å². The summed E-state index contributed by atoms with van der Waals surface area (Å²) >= 11 is 0. The van der Waals surface area contributed by atoms with Crippen molar-refractivity contribution in [1.29, 1.82) is 0 Å². The first-order valence-electron chi connectivity index (χ1n) is 4.26. The number of nitrogen functional groups attached to an aromatic ring is 2. The Hall–Kier alpha value is -1.36. The second kappa shape index (κ2) is 2.85. The van der Waals surface area contributed by atoms with Crippen LogP contribution in [-0.4, -0.2) is 28.5 Å². The summed E-state index contributed by atoms with van der Waals surface area (Å²) in [6.45, 7) is 1.82. The van der Waals surface area contributed by atoms with Crippen LogP contribution in [0.5, 0.6) is 0 Å². The van der Waals surface area contributed by atoms with Crippen molar-refractivity contribution in [3.63, 3.8) is 0 Å². The largest absolute Gasteiger partial charge is 0.383 e. The fourth-order valence-electron chi connectivity index (χ4n) is 1.61. The van der Waals surface area contributed by atoms with Gasteiger partial charge in [0.25, 0.3) is 0 Å². The van der Waals surface area contributed by atoms with Crippen LogP contribution in [0.25, 0.3) is 0 Å². The number of likely N-dealkylation sites (N-methyl/N-ethyl adjacent to an activating group) is 1. The Morgan fingerprint density at radius 3 is 2.85 bits per heavy atom. The minimum Gasteiger partial charge on any atom is -0.383 e. The number of hydrogen-bond acceptors (Lipinski definition) is 5. The minimum atomic E-state index is 0.270. The number of rotatable bonds is 0. The van der Waals surface area contributed by atoms with Gasteiger partial charge in [-0.2, -0.15) is 4.98 Å². The van der Waals surface area contributed by atoms with Gasteiger partial charge in [0.05, 0.1) is 5.69 Å². The van der Waals surface area contributed by atoms with Crippen molar-refractivity contribution >= 4 is 11.8 Å². The molecule has 0 unspecified atom stereocenters. The van der Waals surface area contributed by atoms with Crippen LogP contribution < -0.4 is 11.5 Å². The van der Waals surface area contributed by atoms with Crippen molar-refractivity contribution in [2.75, 3.05) is 25.1 Å². The molecule has 2 heterocycles. The highest BCUT2D eigenvalue weighted by Crippen LogP contribution is 2.20. The Labute approximate surface area is 76.8 Å². The zero-order chi connectivity index (χ0) is 9.42. The van der Waals surface area contributed by atoms with Gasteiger partial charge in [-0.1, -0.05) is 0 Å². The molecule has 1 aromatic rings. The topological polar surface area (TPSA) is 81.1 Å². The fourth-order valence-corrected chi connectivity index (χ4v) is 1.61. The molecule has 70 valence electrons. The summed E-state index contributed by atoms with van der Waals surface area (Å²) < 4.78 is 0. The van der Waals surface area contributed by atoms with Crippen LogP contribution in [0.15, 0.2) is 0 Å². The molecule has 0 radical (unpaired) electrons. The van der Waals surface area contributed by atoms with Gasteiger partial charge < -0.3 is 16.4 Å². The van der Waals surface area contributed by atoms with Gasteiger partial charge in [0.2, 0.25) is 5.95 Å². The molecular weight excluding hydrogens is 166 g/mol. The molecule has 0 fully saturated rings. The third-order valence-electron chi connectivity index (χ3n) is 2.31. The van der Waals surface area contributed by atoms with Crippen molar-refractivity contribution < 1.29 is 0 Å². The van der Waals surface area contributed by atoms with Crippen molar-refractivity contribution in [2.24, 2.45) is 0 Å². The molecule has 1 aliphatic heterocycles. The summed E-state index contributed by atoms with van der Waals surface area (Å²) in [5.74, 6) is 0.808. The molecule has 13 heavy (non-hydrogen) atoms. The van der Waals surface area contributed by atoms with E-state index in [9.17, 15) is 0 Å². The van der Waals surface area contributed by atoms with E-state index in [0.29, 0.717) is 5.82 Å². The van der Waals surface area contributed by atoms with E-state index in [1.807, 2.05) is 0 Å². The SMILES string of the molecule is CN1CCc2c(N)nc(N)nc2C1. The standard InChI is InChI=1S/C8H13N5/c1-13-3-2-5-6(4-13)11-8(10)12-7(5)9/h2-4H2,1H3,(H4,9,10,11,12). The number of anilines is 2. The zero-order valence-electron chi connectivity index (χ0n) is 7.62. The van der Waals surface area contributed by atoms with Crippen molar-refractivity contribution in [2.45, 2.75) is 13.0 Å². The second-order valence-electron chi connectivity index (χ2n) is 3.38. The highest BCUT2D eigenvalue weighted by Gasteiger charge is 2.17. The molecule has 0 aromatic carbocycles. The molecular formula is C8H13N5. The fraction of sp³-hybridized carbons (Fsp3) is 0.500. The molecule has 4 N–H and O–H groups in total. The molecule has 0 saturated heterocycles. The molecule has 2 rings (SSSR count). The third kappa shape index (κ3) is 1.42. The summed E-state index contributed by atoms with van der Waals surface area (Å²) in [5.41, 5.74) is 13.3. The summed E-state index contributed by atoms with van der Waals surface area (Å²) in [6.07, 6.45) is 0.915. The molecule has 5 nitrogen and oxygen atoms in total. The van der Waals surface area contributed by atoms with Gasteiger partial charge in [0.15, 0.2) is 0 Å². The van der Waals surface area contributed by atoms with Gasteiger partial charge in [-0.3, -0.25) is 0 Å². The zero-order valence-corrected chi connectivity index (χ0v) is 7.62. The lowest BCUT2D eigenvalue weighted by atomic mass is 10.1. The molecule has 5 heteroatoms. The van der Waals surface area contributed by atoms with E-state index in [0.717, 1.165) is 30.8 Å². The van der Waals surface area contributed by atoms with Crippen LogP contribution in [0.1, 0.15) is 11.3 Å². The van der Waals surface area contributed by atoms with E-state index in [-0.39, 0.29) is 5.95 Å². The average Bonchev–Trinajstić information content (AvgIpc) is 2.02. The van der Waals surface area contributed by atoms with Crippen LogP contribution in [0, 0.1) is 0 Å². The Morgan fingerprint density at radius 1 is 1.31 bits per heavy atom. The maximum Gasteiger partial charge on any atom is 0.222 e. The first-order valence-corrected chi connectivity index (χ1v) is 4.26. The van der Waals surface area contributed by atoms with Gasteiger partial charge in [-0.05, 0) is 13.5 Å². The predicted octanol–water partition coefficient (Wildman–Crippen LogP) is -0.371. The Balaban J connectivity index is 2.47. The molecule has 0 amide bonds. The highest BCUT2D eigenvalue weighted by atomic mass is 15.1. The van der Waals surface area contributed by atoms with Crippen molar-refractivity contribution in [1.82, 2.24) is 14.9 Å². The van der Waals surface area contributed by atoms with Gasteiger partial charge >= 0.3 is 0 Å². The second-order valence-corrected chi connectivity index (χ2v) is 3.38. The smallest absolute Gasteiger partial charge is 0.222 e. The normalized spacial score (nSPS) is 17.0. The molecule has 0 atom stereocenters. The maximum atomic E-state index is 5.74. The monoisotopic (exact) mass is 179 g/mol. The van der Waals surface area contributed by atoms with Crippen LogP contribution in [-0.2, 0) is 13.0 Å². The van der Waals surface area contributed by atoms with Crippen LogP contribution in [0.4, 0.5) is 11.8 Å². The molecule has 0 bridgehead atoms. The summed E-state index contributed by atoms with van der Waals surface area (Å²) in [5, 5.41) is 0. The number of nitrogens with zero attached hydrogens (tertiary/aromatic N) is 3. The van der Waals surface area contributed by atoms with Crippen LogP contribution in [0.3, 0.4) is 0 Å². The highest BCUT2D eigenvalue weighted by molar-refractivity contribution is 5.46. The summed E-state index contributed by atoms with van der Waals surface area (Å²) in [7, 11) is 2.05. The van der Waals surface area contributed by atoms with Crippen LogP contribution in [0.2, 0.25) is 0 Å². The lowest BCUT2D eigenvalue weighted by Crippen LogP contribution is -2.28. The van der Waals surface area contributed by atoms with E-state index in [2.05, 4.69) is 21.9 Å². The Morgan fingerprint density at radius 2 is 2.08 bits per heavy atom. The van der Waals surface area contributed by atoms with Gasteiger partial charge in [-0.25, -0.2) is 4.98 Å². The van der Waals surface area contributed by atoms with Gasteiger partial charge in [0.1, 0.15) is 5.82 Å². The summed E-state index contributed by atoms with van der Waals surface area (Å²) in [6, 6.07) is 0. The maximum absolute atomic E-state index is 5.74. The molecule has 0 saturated carbocycles. The minimum absolute atomic E-state index is 0.270. The molecule has 0 spiro atoms. The van der Waals surface area contributed by atoms with Crippen molar-refractivity contribution in [3.05, 3.63) is 11.3 Å². The van der Waals surface area contributed by atoms with Crippen LogP contribution >= 0.6 is 0 Å². The van der Waals surface area contributed by atoms with E-state index in [1.165, 1.54) is 0 Å². The van der Waals surface area contributed by atoms with E-state index in [1.54, 1.807) is 0 Å². The predicted molar refractivity (Wildman–Crippen MR) is 50.9 cm³/mol. The number of aromatic nitrogens is 2. The first-order chi connectivity index (χ1) is 6.16. The first kappa shape index (κ1) is 8.25. The number of nitrogens with two attached hydrogens (primary N) is 2. The number of fused-ring (bicyclic) bond motifs is 1. The van der Waals surface area contributed by atoms with Gasteiger partial charge in [-0.15, -0.1) is 0 Å². The average molecular weight is 179 g/mol. The van der Waals surface area contributed by atoms with E-state index < -0.39 is 0 Å². The third-order valence-corrected chi connectivity index (χ3v) is 2.31. The van der Waals surface area contributed by atoms with E-state index in [4.69, 9.17) is 11.5 Å². The number of hydrogen-bond donors (Lipinski definition) is 2. The molecule has 1 aromatic heterocycles. The quantitative estimate of drug-likeness (QED) is 0.568. The Bertz CT molecular complexity index is 336. The Kier molecular flexibility index (Phi) is 1.81. The summed E-state index contributed by atoms with van der Waals surface area (Å²) in [4.78, 5) is 10.3. The molecule has 0 aliphatic carbocycles. The molecule has 1 aliphatic rings. The lowest BCUT2D eigenvalue weighted by molar-refractivity contribution is 0.308.